The minimum absolute atomic E-state index is 0.000871. The Balaban J connectivity index is 1.71. The van der Waals surface area contributed by atoms with Gasteiger partial charge in [-0.3, -0.25) is 14.4 Å². The molecule has 0 aromatic carbocycles. The van der Waals surface area contributed by atoms with E-state index in [4.69, 9.17) is 0 Å². The van der Waals surface area contributed by atoms with Crippen molar-refractivity contribution in [2.45, 2.75) is 65.2 Å². The molecule has 4 rings (SSSR count). The summed E-state index contributed by atoms with van der Waals surface area (Å²) in [5.41, 5.74) is -0.171. The van der Waals surface area contributed by atoms with E-state index in [0.29, 0.717) is 55.0 Å². The van der Waals surface area contributed by atoms with E-state index in [2.05, 4.69) is 13.8 Å². The number of carbonyl (C=O) groups is 3. The van der Waals surface area contributed by atoms with Crippen molar-refractivity contribution in [1.82, 2.24) is 0 Å². The lowest BCUT2D eigenvalue weighted by atomic mass is 9.45. The fourth-order valence-electron chi connectivity index (χ4n) is 6.61. The highest BCUT2D eigenvalue weighted by Gasteiger charge is 2.62. The molecule has 0 amide bonds. The van der Waals surface area contributed by atoms with Crippen molar-refractivity contribution in [1.29, 1.82) is 0 Å². The molecule has 0 saturated heterocycles. The van der Waals surface area contributed by atoms with Crippen molar-refractivity contribution < 1.29 is 14.4 Å². The molecular formula is C19H26O3. The SMILES string of the molecule is C[C@]12CCC(=O)C[C@@H]1C(=O)C[C@H]1[C@H]2CC[C@]2(C)C(=O)CC[C@H]12. The van der Waals surface area contributed by atoms with Crippen molar-refractivity contribution >= 4 is 17.3 Å². The third-order valence-corrected chi connectivity index (χ3v) is 7.99. The Bertz CT molecular complexity index is 565. The molecular weight excluding hydrogens is 276 g/mol. The Hall–Kier alpha value is -0.990. The van der Waals surface area contributed by atoms with Crippen LogP contribution in [0.4, 0.5) is 0 Å². The maximum Gasteiger partial charge on any atom is 0.139 e. The Kier molecular flexibility index (Phi) is 3.00. The van der Waals surface area contributed by atoms with Gasteiger partial charge in [-0.15, -0.1) is 0 Å². The lowest BCUT2D eigenvalue weighted by Crippen LogP contribution is -2.56. The van der Waals surface area contributed by atoms with Crippen molar-refractivity contribution in [2.75, 3.05) is 0 Å². The summed E-state index contributed by atoms with van der Waals surface area (Å²) in [4.78, 5) is 37.0. The summed E-state index contributed by atoms with van der Waals surface area (Å²) in [5.74, 6) is 2.27. The Morgan fingerprint density at radius 1 is 0.909 bits per heavy atom. The molecule has 0 aliphatic heterocycles. The Labute approximate surface area is 132 Å². The normalized spacial score (nSPS) is 51.3. The van der Waals surface area contributed by atoms with Crippen LogP contribution >= 0.6 is 0 Å². The molecule has 4 aliphatic carbocycles. The highest BCUT2D eigenvalue weighted by Crippen LogP contribution is 2.64. The van der Waals surface area contributed by atoms with Crippen molar-refractivity contribution in [3.05, 3.63) is 0 Å². The summed E-state index contributed by atoms with van der Waals surface area (Å²) in [5, 5.41) is 0. The van der Waals surface area contributed by atoms with Crippen LogP contribution in [0.2, 0.25) is 0 Å². The molecule has 0 aromatic rings. The highest BCUT2D eigenvalue weighted by atomic mass is 16.1. The summed E-state index contributed by atoms with van der Waals surface area (Å²) >= 11 is 0. The average Bonchev–Trinajstić information content (AvgIpc) is 2.77. The largest absolute Gasteiger partial charge is 0.300 e. The van der Waals surface area contributed by atoms with Gasteiger partial charge in [0.25, 0.3) is 0 Å². The van der Waals surface area contributed by atoms with Gasteiger partial charge in [0, 0.05) is 37.0 Å². The number of hydrogen-bond donors (Lipinski definition) is 0. The highest BCUT2D eigenvalue weighted by molar-refractivity contribution is 5.91. The summed E-state index contributed by atoms with van der Waals surface area (Å²) in [6.45, 7) is 4.41. The van der Waals surface area contributed by atoms with Crippen LogP contribution in [0, 0.1) is 34.5 Å². The van der Waals surface area contributed by atoms with Crippen LogP contribution in [0.25, 0.3) is 0 Å². The van der Waals surface area contributed by atoms with Crippen LogP contribution in [0.15, 0.2) is 0 Å². The molecule has 120 valence electrons. The van der Waals surface area contributed by atoms with Gasteiger partial charge in [-0.1, -0.05) is 13.8 Å². The zero-order valence-corrected chi connectivity index (χ0v) is 13.7. The van der Waals surface area contributed by atoms with Crippen LogP contribution in [-0.4, -0.2) is 17.3 Å². The third-order valence-electron chi connectivity index (χ3n) is 7.99. The summed E-state index contributed by atoms with van der Waals surface area (Å²) in [7, 11) is 0. The topological polar surface area (TPSA) is 51.2 Å². The molecule has 3 heteroatoms. The first-order valence-electron chi connectivity index (χ1n) is 8.94. The molecule has 0 aromatic heterocycles. The molecule has 0 spiro atoms. The molecule has 4 aliphatic rings. The first-order chi connectivity index (χ1) is 10.4. The van der Waals surface area contributed by atoms with Gasteiger partial charge in [0.1, 0.15) is 17.3 Å². The summed E-state index contributed by atoms with van der Waals surface area (Å²) in [6, 6.07) is 0. The molecule has 0 bridgehead atoms. The van der Waals surface area contributed by atoms with E-state index >= 15 is 0 Å². The number of carbonyl (C=O) groups excluding carboxylic acids is 3. The lowest BCUT2D eigenvalue weighted by Gasteiger charge is -2.58. The second-order valence-electron chi connectivity index (χ2n) is 8.77. The van der Waals surface area contributed by atoms with Gasteiger partial charge in [0.15, 0.2) is 0 Å². The Morgan fingerprint density at radius 3 is 2.45 bits per heavy atom. The van der Waals surface area contributed by atoms with E-state index in [-0.39, 0.29) is 22.5 Å². The number of rotatable bonds is 0. The lowest BCUT2D eigenvalue weighted by molar-refractivity contribution is -0.159. The van der Waals surface area contributed by atoms with Gasteiger partial charge in [0.2, 0.25) is 0 Å². The van der Waals surface area contributed by atoms with Gasteiger partial charge in [-0.05, 0) is 48.9 Å². The van der Waals surface area contributed by atoms with Crippen LogP contribution in [0.1, 0.15) is 65.2 Å². The quantitative estimate of drug-likeness (QED) is 0.689. The van der Waals surface area contributed by atoms with E-state index in [1.165, 1.54) is 0 Å². The predicted octanol–water partition coefficient (Wildman–Crippen LogP) is 3.35. The molecule has 0 radical (unpaired) electrons. The predicted molar refractivity (Wildman–Crippen MR) is 82.1 cm³/mol. The second-order valence-corrected chi connectivity index (χ2v) is 8.77. The standard InChI is InChI=1S/C19H26O3/c1-18-7-5-11(20)9-15(18)16(21)10-12-13-3-4-17(22)19(13,2)8-6-14(12)18/h12-15H,3-10H2,1-2H3/t12-,13-,14-,15-,18-,19+/m1/s1. The zero-order valence-electron chi connectivity index (χ0n) is 13.7. The van der Waals surface area contributed by atoms with E-state index < -0.39 is 0 Å². The first-order valence-corrected chi connectivity index (χ1v) is 8.94. The van der Waals surface area contributed by atoms with Gasteiger partial charge in [0.05, 0.1) is 0 Å². The smallest absolute Gasteiger partial charge is 0.139 e. The number of hydrogen-bond acceptors (Lipinski definition) is 3. The fraction of sp³-hybridized carbons (Fsp3) is 0.842. The molecule has 4 saturated carbocycles. The van der Waals surface area contributed by atoms with Crippen molar-refractivity contribution in [3.8, 4) is 0 Å². The molecule has 0 N–H and O–H groups in total. The van der Waals surface area contributed by atoms with Crippen molar-refractivity contribution in [3.63, 3.8) is 0 Å². The van der Waals surface area contributed by atoms with E-state index in [9.17, 15) is 14.4 Å². The first kappa shape index (κ1) is 14.6. The van der Waals surface area contributed by atoms with Gasteiger partial charge >= 0.3 is 0 Å². The number of Topliss-reactive ketones (excluding diaryl/α,β-unsaturated/α-hetero) is 3. The minimum atomic E-state index is -0.171. The van der Waals surface area contributed by atoms with E-state index in [1.54, 1.807) is 0 Å². The van der Waals surface area contributed by atoms with Crippen LogP contribution in [0.3, 0.4) is 0 Å². The average molecular weight is 302 g/mol. The maximum atomic E-state index is 12.8. The molecule has 4 fully saturated rings. The second kappa shape index (κ2) is 4.52. The van der Waals surface area contributed by atoms with Gasteiger partial charge in [-0.2, -0.15) is 0 Å². The minimum Gasteiger partial charge on any atom is -0.300 e. The monoisotopic (exact) mass is 302 g/mol. The van der Waals surface area contributed by atoms with Crippen LogP contribution in [-0.2, 0) is 14.4 Å². The van der Waals surface area contributed by atoms with Crippen molar-refractivity contribution in [2.24, 2.45) is 34.5 Å². The zero-order chi connectivity index (χ0) is 15.7. The summed E-state index contributed by atoms with van der Waals surface area (Å²) in [6.07, 6.45) is 6.34. The molecule has 6 atom stereocenters. The van der Waals surface area contributed by atoms with Gasteiger partial charge < -0.3 is 0 Å². The third kappa shape index (κ3) is 1.71. The maximum absolute atomic E-state index is 12.8. The van der Waals surface area contributed by atoms with E-state index in [1.807, 2.05) is 0 Å². The summed E-state index contributed by atoms with van der Waals surface area (Å²) < 4.78 is 0. The number of ketones is 3. The molecule has 0 unspecified atom stereocenters. The number of fused-ring (bicyclic) bond motifs is 5. The molecule has 0 heterocycles. The van der Waals surface area contributed by atoms with E-state index in [0.717, 1.165) is 25.7 Å². The molecule has 3 nitrogen and oxygen atoms in total. The molecule has 22 heavy (non-hydrogen) atoms. The van der Waals surface area contributed by atoms with Crippen LogP contribution in [0.5, 0.6) is 0 Å². The van der Waals surface area contributed by atoms with Crippen LogP contribution < -0.4 is 0 Å². The Morgan fingerprint density at radius 2 is 1.68 bits per heavy atom. The van der Waals surface area contributed by atoms with Gasteiger partial charge in [-0.25, -0.2) is 0 Å². The fourth-order valence-corrected chi connectivity index (χ4v) is 6.61.